The lowest BCUT2D eigenvalue weighted by Gasteiger charge is -2.14. The third-order valence-corrected chi connectivity index (χ3v) is 6.88. The van der Waals surface area contributed by atoms with E-state index in [1.165, 1.54) is 28.7 Å². The van der Waals surface area contributed by atoms with Crippen LogP contribution in [0.15, 0.2) is 35.4 Å². The number of carbonyl (C=O) groups excluding carboxylic acids is 1. The summed E-state index contributed by atoms with van der Waals surface area (Å²) in [6.45, 7) is 3.91. The minimum atomic E-state index is -0.168. The number of hydrogen-bond acceptors (Lipinski definition) is 5. The van der Waals surface area contributed by atoms with Crippen LogP contribution in [0, 0.1) is 6.92 Å². The van der Waals surface area contributed by atoms with Crippen molar-refractivity contribution < 1.29 is 4.79 Å². The van der Waals surface area contributed by atoms with Crippen LogP contribution in [-0.4, -0.2) is 21.0 Å². The predicted molar refractivity (Wildman–Crippen MR) is 105 cm³/mol. The van der Waals surface area contributed by atoms with Gasteiger partial charge in [0.05, 0.1) is 5.25 Å². The molecule has 1 unspecified atom stereocenters. The van der Waals surface area contributed by atoms with Crippen LogP contribution < -0.4 is 0 Å². The van der Waals surface area contributed by atoms with Crippen molar-refractivity contribution in [3.8, 4) is 0 Å². The molecular weight excluding hydrogens is 348 g/mol. The zero-order chi connectivity index (χ0) is 17.4. The fraction of sp³-hybridized carbons (Fsp3) is 0.350. The van der Waals surface area contributed by atoms with Crippen molar-refractivity contribution in [2.75, 3.05) is 0 Å². The monoisotopic (exact) mass is 368 g/mol. The molecule has 0 amide bonds. The second-order valence-corrected chi connectivity index (χ2v) is 8.87. The van der Waals surface area contributed by atoms with Crippen molar-refractivity contribution >= 4 is 39.1 Å². The highest BCUT2D eigenvalue weighted by molar-refractivity contribution is 8.00. The molecule has 5 heteroatoms. The van der Waals surface area contributed by atoms with E-state index in [1.807, 2.05) is 55.5 Å². The molecule has 0 fully saturated rings. The first kappa shape index (κ1) is 16.7. The molecule has 2 aromatic heterocycles. The van der Waals surface area contributed by atoms with Gasteiger partial charge in [0, 0.05) is 15.8 Å². The summed E-state index contributed by atoms with van der Waals surface area (Å²) >= 11 is 3.38. The third-order valence-electron chi connectivity index (χ3n) is 4.61. The van der Waals surface area contributed by atoms with Crippen LogP contribution in [0.2, 0.25) is 0 Å². The normalized spacial score (nSPS) is 15.1. The quantitative estimate of drug-likeness (QED) is 0.359. The Hall–Kier alpha value is -1.72. The number of hydrogen-bond donors (Lipinski definition) is 0. The molecule has 1 aromatic carbocycles. The minimum absolute atomic E-state index is 0.152. The highest BCUT2D eigenvalue weighted by Gasteiger charge is 2.24. The lowest BCUT2D eigenvalue weighted by molar-refractivity contribution is 0.0994. The topological polar surface area (TPSA) is 42.9 Å². The van der Waals surface area contributed by atoms with Gasteiger partial charge < -0.3 is 0 Å². The van der Waals surface area contributed by atoms with Crippen molar-refractivity contribution in [2.24, 2.45) is 0 Å². The number of benzene rings is 1. The number of fused-ring (bicyclic) bond motifs is 3. The van der Waals surface area contributed by atoms with Crippen LogP contribution in [0.4, 0.5) is 0 Å². The number of thioether (sulfide) groups is 1. The molecule has 25 heavy (non-hydrogen) atoms. The Bertz CT molecular complexity index is 934. The van der Waals surface area contributed by atoms with Crippen molar-refractivity contribution in [3.63, 3.8) is 0 Å². The lowest BCUT2D eigenvalue weighted by atomic mass is 9.97. The molecular formula is C20H20N2OS2. The van der Waals surface area contributed by atoms with Crippen molar-refractivity contribution in [1.29, 1.82) is 0 Å². The zero-order valence-corrected chi connectivity index (χ0v) is 16.0. The molecule has 0 spiro atoms. The molecule has 0 aliphatic heterocycles. The molecule has 3 aromatic rings. The van der Waals surface area contributed by atoms with E-state index in [4.69, 9.17) is 4.98 Å². The molecule has 1 aliphatic rings. The van der Waals surface area contributed by atoms with Crippen LogP contribution in [0.25, 0.3) is 10.2 Å². The number of thiophene rings is 1. The van der Waals surface area contributed by atoms with E-state index < -0.39 is 0 Å². The van der Waals surface area contributed by atoms with Gasteiger partial charge in [-0.1, -0.05) is 42.1 Å². The Morgan fingerprint density at radius 2 is 1.92 bits per heavy atom. The van der Waals surface area contributed by atoms with Gasteiger partial charge in [0.1, 0.15) is 15.7 Å². The number of carbonyl (C=O) groups is 1. The van der Waals surface area contributed by atoms with Crippen molar-refractivity contribution in [2.45, 2.75) is 49.8 Å². The second kappa shape index (κ2) is 6.89. The number of aromatic nitrogens is 2. The predicted octanol–water partition coefficient (Wildman–Crippen LogP) is 5.24. The summed E-state index contributed by atoms with van der Waals surface area (Å²) in [5.41, 5.74) is 2.19. The Balaban J connectivity index is 1.71. The van der Waals surface area contributed by atoms with Gasteiger partial charge in [0.15, 0.2) is 5.78 Å². The number of nitrogens with zero attached hydrogens (tertiary/aromatic N) is 2. The maximum atomic E-state index is 12.7. The average Bonchev–Trinajstić information content (AvgIpc) is 2.99. The molecule has 0 bridgehead atoms. The molecule has 3 nitrogen and oxygen atoms in total. The summed E-state index contributed by atoms with van der Waals surface area (Å²) in [7, 11) is 0. The van der Waals surface area contributed by atoms with Gasteiger partial charge >= 0.3 is 0 Å². The smallest absolute Gasteiger partial charge is 0.175 e. The average molecular weight is 369 g/mol. The molecule has 128 valence electrons. The van der Waals surface area contributed by atoms with Crippen LogP contribution in [-0.2, 0) is 12.8 Å². The van der Waals surface area contributed by atoms with Crippen LogP contribution in [0.1, 0.15) is 46.4 Å². The maximum Gasteiger partial charge on any atom is 0.175 e. The highest BCUT2D eigenvalue weighted by Crippen LogP contribution is 2.40. The minimum Gasteiger partial charge on any atom is -0.293 e. The van der Waals surface area contributed by atoms with Crippen LogP contribution in [0.3, 0.4) is 0 Å². The third kappa shape index (κ3) is 3.23. The zero-order valence-electron chi connectivity index (χ0n) is 14.4. The van der Waals surface area contributed by atoms with E-state index >= 15 is 0 Å². The van der Waals surface area contributed by atoms with Crippen molar-refractivity contribution in [1.82, 2.24) is 9.97 Å². The number of aryl methyl sites for hydroxylation is 3. The van der Waals surface area contributed by atoms with E-state index in [0.717, 1.165) is 34.1 Å². The molecule has 0 radical (unpaired) electrons. The Kier molecular flexibility index (Phi) is 4.61. The maximum absolute atomic E-state index is 12.7. The Morgan fingerprint density at radius 1 is 1.16 bits per heavy atom. The molecule has 4 rings (SSSR count). The van der Waals surface area contributed by atoms with E-state index in [0.29, 0.717) is 0 Å². The van der Waals surface area contributed by atoms with Gasteiger partial charge in [-0.2, -0.15) is 0 Å². The van der Waals surface area contributed by atoms with Gasteiger partial charge in [0.25, 0.3) is 0 Å². The summed E-state index contributed by atoms with van der Waals surface area (Å²) in [6, 6.07) is 9.52. The fourth-order valence-electron chi connectivity index (χ4n) is 3.37. The summed E-state index contributed by atoms with van der Waals surface area (Å²) in [4.78, 5) is 24.6. The largest absolute Gasteiger partial charge is 0.293 e. The second-order valence-electron chi connectivity index (χ2n) is 6.46. The Labute approximate surface area is 155 Å². The van der Waals surface area contributed by atoms with E-state index in [9.17, 15) is 4.79 Å². The molecule has 1 atom stereocenters. The number of rotatable bonds is 4. The first-order valence-electron chi connectivity index (χ1n) is 8.68. The fourth-order valence-corrected chi connectivity index (χ4v) is 5.84. The van der Waals surface area contributed by atoms with Gasteiger partial charge in [-0.05, 0) is 45.1 Å². The molecule has 0 saturated heterocycles. The summed E-state index contributed by atoms with van der Waals surface area (Å²) in [6.07, 6.45) is 4.75. The van der Waals surface area contributed by atoms with E-state index in [-0.39, 0.29) is 11.0 Å². The molecule has 1 aliphatic carbocycles. The lowest BCUT2D eigenvalue weighted by Crippen LogP contribution is -2.14. The molecule has 2 heterocycles. The summed E-state index contributed by atoms with van der Waals surface area (Å²) in [5.74, 6) is 0.937. The van der Waals surface area contributed by atoms with Crippen LogP contribution >= 0.6 is 23.1 Å². The first-order chi connectivity index (χ1) is 12.1. The first-order valence-corrected chi connectivity index (χ1v) is 10.4. The van der Waals surface area contributed by atoms with Gasteiger partial charge in [-0.25, -0.2) is 9.97 Å². The summed E-state index contributed by atoms with van der Waals surface area (Å²) < 4.78 is 0. The van der Waals surface area contributed by atoms with Crippen molar-refractivity contribution in [3.05, 3.63) is 52.2 Å². The highest BCUT2D eigenvalue weighted by atomic mass is 32.2. The molecule has 0 saturated carbocycles. The Morgan fingerprint density at radius 3 is 2.72 bits per heavy atom. The van der Waals surface area contributed by atoms with Gasteiger partial charge in [-0.3, -0.25) is 4.79 Å². The molecule has 0 N–H and O–H groups in total. The van der Waals surface area contributed by atoms with Gasteiger partial charge in [0.2, 0.25) is 0 Å². The van der Waals surface area contributed by atoms with Gasteiger partial charge in [-0.15, -0.1) is 11.3 Å². The number of ketones is 1. The van der Waals surface area contributed by atoms with E-state index in [2.05, 4.69) is 4.98 Å². The van der Waals surface area contributed by atoms with Crippen LogP contribution in [0.5, 0.6) is 0 Å². The summed E-state index contributed by atoms with van der Waals surface area (Å²) in [5, 5.41) is 2.00. The standard InChI is InChI=1S/C20H20N2OS2/c1-12(18(23)14-8-4-3-5-9-14)24-19-17-15-10-6-7-11-16(15)25-20(17)22-13(2)21-19/h3-5,8-9,12H,6-7,10-11H2,1-2H3. The SMILES string of the molecule is Cc1nc(SC(C)C(=O)c2ccccc2)c2c3c(sc2n1)CCCC3. The van der Waals surface area contributed by atoms with E-state index in [1.54, 1.807) is 11.8 Å². The number of Topliss-reactive ketones (excluding diaryl/α,β-unsaturated/α-hetero) is 1.